The predicted molar refractivity (Wildman–Crippen MR) is 71.0 cm³/mol. The van der Waals surface area contributed by atoms with Gasteiger partial charge in [0.05, 0.1) is 0 Å². The van der Waals surface area contributed by atoms with E-state index in [0.717, 1.165) is 29.9 Å². The van der Waals surface area contributed by atoms with Gasteiger partial charge in [0.1, 0.15) is 12.1 Å². The molecule has 1 heterocycles. The lowest BCUT2D eigenvalue weighted by atomic mass is 9.81. The molecule has 1 fully saturated rings. The standard InChI is InChI=1S/C14H23N3/c1-11-3-5-13(6-4-11)7-8-15-14-9-12(2)16-10-17-14/h9-11,13H,3-8H2,1-2H3,(H,15,16,17). The number of hydrogen-bond donors (Lipinski definition) is 1. The molecule has 0 radical (unpaired) electrons. The summed E-state index contributed by atoms with van der Waals surface area (Å²) in [6.07, 6.45) is 8.54. The molecule has 1 N–H and O–H groups in total. The first-order valence-electron chi connectivity index (χ1n) is 6.76. The Hall–Kier alpha value is -1.12. The molecule has 0 aliphatic heterocycles. The zero-order valence-corrected chi connectivity index (χ0v) is 10.9. The lowest BCUT2D eigenvalue weighted by Gasteiger charge is -2.26. The molecule has 0 amide bonds. The number of hydrogen-bond acceptors (Lipinski definition) is 3. The SMILES string of the molecule is Cc1cc(NCCC2CCC(C)CC2)ncn1. The summed E-state index contributed by atoms with van der Waals surface area (Å²) >= 11 is 0. The lowest BCUT2D eigenvalue weighted by molar-refractivity contribution is 0.282. The van der Waals surface area contributed by atoms with Crippen molar-refractivity contribution in [3.8, 4) is 0 Å². The predicted octanol–water partition coefficient (Wildman–Crippen LogP) is 3.41. The van der Waals surface area contributed by atoms with Crippen molar-refractivity contribution in [3.63, 3.8) is 0 Å². The first kappa shape index (κ1) is 12.3. The largest absolute Gasteiger partial charge is 0.370 e. The number of nitrogens with zero attached hydrogens (tertiary/aromatic N) is 2. The van der Waals surface area contributed by atoms with Crippen LogP contribution in [0.3, 0.4) is 0 Å². The van der Waals surface area contributed by atoms with Crippen molar-refractivity contribution in [2.75, 3.05) is 11.9 Å². The summed E-state index contributed by atoms with van der Waals surface area (Å²) in [6, 6.07) is 2.00. The van der Waals surface area contributed by atoms with E-state index in [4.69, 9.17) is 0 Å². The van der Waals surface area contributed by atoms with Crippen LogP contribution in [0.15, 0.2) is 12.4 Å². The van der Waals surface area contributed by atoms with Gasteiger partial charge in [0, 0.05) is 18.3 Å². The van der Waals surface area contributed by atoms with Gasteiger partial charge in [-0.15, -0.1) is 0 Å². The van der Waals surface area contributed by atoms with Crippen LogP contribution in [0.4, 0.5) is 5.82 Å². The Bertz CT molecular complexity index is 343. The normalized spacial score (nSPS) is 24.6. The van der Waals surface area contributed by atoms with E-state index in [-0.39, 0.29) is 0 Å². The number of nitrogens with one attached hydrogen (secondary N) is 1. The summed E-state index contributed by atoms with van der Waals surface area (Å²) in [5.74, 6) is 2.83. The third-order valence-electron chi connectivity index (χ3n) is 3.80. The number of rotatable bonds is 4. The minimum absolute atomic E-state index is 0.918. The summed E-state index contributed by atoms with van der Waals surface area (Å²) in [7, 11) is 0. The van der Waals surface area contributed by atoms with Crippen LogP contribution in [-0.4, -0.2) is 16.5 Å². The first-order chi connectivity index (χ1) is 8.24. The molecule has 2 rings (SSSR count). The molecule has 0 bridgehead atoms. The summed E-state index contributed by atoms with van der Waals surface area (Å²) < 4.78 is 0. The maximum absolute atomic E-state index is 4.21. The Labute approximate surface area is 104 Å². The number of aromatic nitrogens is 2. The Balaban J connectivity index is 1.69. The van der Waals surface area contributed by atoms with E-state index in [1.54, 1.807) is 6.33 Å². The van der Waals surface area contributed by atoms with E-state index in [1.807, 2.05) is 13.0 Å². The monoisotopic (exact) mass is 233 g/mol. The molecule has 1 saturated carbocycles. The smallest absolute Gasteiger partial charge is 0.129 e. The quantitative estimate of drug-likeness (QED) is 0.866. The minimum atomic E-state index is 0.918. The van der Waals surface area contributed by atoms with Crippen molar-refractivity contribution < 1.29 is 0 Å². The van der Waals surface area contributed by atoms with E-state index >= 15 is 0 Å². The molecule has 3 heteroatoms. The fourth-order valence-electron chi connectivity index (χ4n) is 2.57. The van der Waals surface area contributed by atoms with Crippen molar-refractivity contribution in [3.05, 3.63) is 18.1 Å². The van der Waals surface area contributed by atoms with Crippen molar-refractivity contribution >= 4 is 5.82 Å². The van der Waals surface area contributed by atoms with E-state index in [0.29, 0.717) is 0 Å². The third kappa shape index (κ3) is 3.99. The van der Waals surface area contributed by atoms with E-state index in [1.165, 1.54) is 32.1 Å². The molecule has 1 aliphatic carbocycles. The molecule has 0 unspecified atom stereocenters. The van der Waals surface area contributed by atoms with E-state index < -0.39 is 0 Å². The zero-order valence-electron chi connectivity index (χ0n) is 10.9. The zero-order chi connectivity index (χ0) is 12.1. The molecule has 17 heavy (non-hydrogen) atoms. The van der Waals surface area contributed by atoms with Crippen LogP contribution in [0.2, 0.25) is 0 Å². The van der Waals surface area contributed by atoms with Gasteiger partial charge in [-0.1, -0.05) is 32.6 Å². The number of aryl methyl sites for hydroxylation is 1. The maximum Gasteiger partial charge on any atom is 0.129 e. The van der Waals surface area contributed by atoms with Crippen LogP contribution in [-0.2, 0) is 0 Å². The van der Waals surface area contributed by atoms with Gasteiger partial charge in [-0.05, 0) is 25.2 Å². The second-order valence-corrected chi connectivity index (χ2v) is 5.39. The number of anilines is 1. The molecule has 1 aromatic heterocycles. The Morgan fingerprint density at radius 2 is 2.00 bits per heavy atom. The summed E-state index contributed by atoms with van der Waals surface area (Å²) in [4.78, 5) is 8.31. The molecule has 0 saturated heterocycles. The Morgan fingerprint density at radius 1 is 1.24 bits per heavy atom. The molecule has 0 atom stereocenters. The molecular formula is C14H23N3. The molecular weight excluding hydrogens is 210 g/mol. The van der Waals surface area contributed by atoms with Gasteiger partial charge >= 0.3 is 0 Å². The summed E-state index contributed by atoms with van der Waals surface area (Å²) in [5.41, 5.74) is 1.02. The minimum Gasteiger partial charge on any atom is -0.370 e. The Morgan fingerprint density at radius 3 is 2.71 bits per heavy atom. The van der Waals surface area contributed by atoms with Gasteiger partial charge in [-0.3, -0.25) is 0 Å². The highest BCUT2D eigenvalue weighted by molar-refractivity contribution is 5.34. The second-order valence-electron chi connectivity index (χ2n) is 5.39. The Kier molecular flexibility index (Phi) is 4.35. The van der Waals surface area contributed by atoms with Crippen LogP contribution < -0.4 is 5.32 Å². The lowest BCUT2D eigenvalue weighted by Crippen LogP contribution is -2.16. The molecule has 1 aromatic rings. The van der Waals surface area contributed by atoms with Crippen molar-refractivity contribution in [2.24, 2.45) is 11.8 Å². The van der Waals surface area contributed by atoms with Gasteiger partial charge in [-0.2, -0.15) is 0 Å². The van der Waals surface area contributed by atoms with Crippen LogP contribution in [0.1, 0.15) is 44.7 Å². The molecule has 94 valence electrons. The fourth-order valence-corrected chi connectivity index (χ4v) is 2.57. The van der Waals surface area contributed by atoms with Gasteiger partial charge in [-0.25, -0.2) is 9.97 Å². The average molecular weight is 233 g/mol. The fraction of sp³-hybridized carbons (Fsp3) is 0.714. The third-order valence-corrected chi connectivity index (χ3v) is 3.80. The highest BCUT2D eigenvalue weighted by Gasteiger charge is 2.17. The van der Waals surface area contributed by atoms with Crippen LogP contribution in [0.5, 0.6) is 0 Å². The van der Waals surface area contributed by atoms with Crippen LogP contribution in [0.25, 0.3) is 0 Å². The highest BCUT2D eigenvalue weighted by atomic mass is 15.0. The van der Waals surface area contributed by atoms with Crippen LogP contribution in [0, 0.1) is 18.8 Å². The van der Waals surface area contributed by atoms with Crippen LogP contribution >= 0.6 is 0 Å². The van der Waals surface area contributed by atoms with Crippen molar-refractivity contribution in [2.45, 2.75) is 46.0 Å². The van der Waals surface area contributed by atoms with Crippen molar-refractivity contribution in [1.29, 1.82) is 0 Å². The maximum atomic E-state index is 4.21. The topological polar surface area (TPSA) is 37.8 Å². The molecule has 1 aliphatic rings. The molecule has 3 nitrogen and oxygen atoms in total. The molecule has 0 spiro atoms. The van der Waals surface area contributed by atoms with E-state index in [9.17, 15) is 0 Å². The first-order valence-corrected chi connectivity index (χ1v) is 6.76. The summed E-state index contributed by atoms with van der Waals surface area (Å²) in [5, 5.41) is 3.39. The van der Waals surface area contributed by atoms with Crippen molar-refractivity contribution in [1.82, 2.24) is 9.97 Å². The summed E-state index contributed by atoms with van der Waals surface area (Å²) in [6.45, 7) is 5.41. The molecule has 0 aromatic carbocycles. The van der Waals surface area contributed by atoms with E-state index in [2.05, 4.69) is 22.2 Å². The average Bonchev–Trinajstić information content (AvgIpc) is 2.32. The van der Waals surface area contributed by atoms with Gasteiger partial charge in [0.15, 0.2) is 0 Å². The van der Waals surface area contributed by atoms with Gasteiger partial charge < -0.3 is 5.32 Å². The van der Waals surface area contributed by atoms with Gasteiger partial charge in [0.2, 0.25) is 0 Å². The second kappa shape index (κ2) is 5.99. The van der Waals surface area contributed by atoms with Gasteiger partial charge in [0.25, 0.3) is 0 Å². The highest BCUT2D eigenvalue weighted by Crippen LogP contribution is 2.30.